The number of urea groups is 1. The molecule has 2 bridgehead atoms. The predicted octanol–water partition coefficient (Wildman–Crippen LogP) is 6.44. The molecule has 206 valence electrons. The van der Waals surface area contributed by atoms with Crippen molar-refractivity contribution in [1.82, 2.24) is 20.1 Å². The van der Waals surface area contributed by atoms with Crippen LogP contribution in [0.5, 0.6) is 0 Å². The number of carbonyl (C=O) groups excluding carboxylic acids is 1. The van der Waals surface area contributed by atoms with E-state index in [1.165, 1.54) is 12.1 Å². The van der Waals surface area contributed by atoms with Crippen LogP contribution in [0.4, 0.5) is 14.9 Å². The number of nitrogens with zero attached hydrogens (tertiary/aromatic N) is 3. The Morgan fingerprint density at radius 2 is 2.00 bits per heavy atom. The van der Waals surface area contributed by atoms with E-state index >= 15 is 4.39 Å². The molecular formula is C28H33ClFN5O3Si. The molecule has 11 heteroatoms. The van der Waals surface area contributed by atoms with E-state index in [4.69, 9.17) is 16.0 Å². The third-order valence-corrected chi connectivity index (χ3v) is 13.0. The van der Waals surface area contributed by atoms with Crippen molar-refractivity contribution in [3.63, 3.8) is 0 Å². The lowest BCUT2D eigenvalue weighted by Crippen LogP contribution is -2.45. The van der Waals surface area contributed by atoms with Crippen LogP contribution in [0.2, 0.25) is 23.2 Å². The first-order valence-electron chi connectivity index (χ1n) is 13.1. The number of nitrogens with one attached hydrogen (secondary N) is 2. The molecule has 1 fully saturated rings. The lowest BCUT2D eigenvalue weighted by molar-refractivity contribution is 0.177. The van der Waals surface area contributed by atoms with Gasteiger partial charge in [0.25, 0.3) is 5.56 Å². The molecule has 2 aromatic heterocycles. The minimum atomic E-state index is -1.95. The molecule has 2 N–H and O–H groups in total. The van der Waals surface area contributed by atoms with Crippen molar-refractivity contribution in [2.24, 2.45) is 0 Å². The molecule has 8 nitrogen and oxygen atoms in total. The molecular weight excluding hydrogens is 537 g/mol. The Labute approximate surface area is 233 Å². The van der Waals surface area contributed by atoms with Gasteiger partial charge in [-0.15, -0.1) is 0 Å². The fourth-order valence-corrected chi connectivity index (χ4v) is 6.29. The average Bonchev–Trinajstić information content (AvgIpc) is 3.19. The molecule has 2 aliphatic heterocycles. The van der Waals surface area contributed by atoms with Gasteiger partial charge in [0.1, 0.15) is 5.82 Å². The van der Waals surface area contributed by atoms with E-state index in [2.05, 4.69) is 54.4 Å². The van der Waals surface area contributed by atoms with Gasteiger partial charge in [0.15, 0.2) is 8.32 Å². The Balaban J connectivity index is 1.33. The zero-order valence-electron chi connectivity index (χ0n) is 22.8. The maximum Gasteiger partial charge on any atom is 0.322 e. The lowest BCUT2D eigenvalue weighted by atomic mass is 9.99. The number of carbonyl (C=O) groups is 1. The summed E-state index contributed by atoms with van der Waals surface area (Å²) in [7, 11) is -1.95. The summed E-state index contributed by atoms with van der Waals surface area (Å²) in [6.07, 6.45) is 5.43. The fraction of sp³-hybridized carbons (Fsp3) is 0.429. The van der Waals surface area contributed by atoms with Crippen LogP contribution in [-0.4, -0.2) is 40.5 Å². The quantitative estimate of drug-likeness (QED) is 0.344. The standard InChI is InChI=1S/C28H33ClFN5O3Si/c1-28(2,3)39(4,5)38-15-16-8-18(14-31-13-16)20-11-22(30)23(12-21(20)29)32-27(37)35-19-6-7-24(35)26-17(9-19)10-25(36)33-34-26/h8,10-14,19,24H,6-7,9,15H2,1-5H3,(H,32,37)(H,33,36). The second-order valence-electron chi connectivity index (χ2n) is 11.9. The normalized spacial score (nSPS) is 18.7. The number of H-pyrrole nitrogens is 1. The largest absolute Gasteiger partial charge is 0.413 e. The summed E-state index contributed by atoms with van der Waals surface area (Å²) in [6.45, 7) is 11.3. The molecule has 1 saturated heterocycles. The molecule has 2 unspecified atom stereocenters. The number of halogens is 2. The van der Waals surface area contributed by atoms with Crippen molar-refractivity contribution < 1.29 is 13.6 Å². The van der Waals surface area contributed by atoms with Crippen LogP contribution in [0.3, 0.4) is 0 Å². The molecule has 2 amide bonds. The second kappa shape index (κ2) is 10.1. The minimum Gasteiger partial charge on any atom is -0.413 e. The predicted molar refractivity (Wildman–Crippen MR) is 152 cm³/mol. The van der Waals surface area contributed by atoms with Gasteiger partial charge >= 0.3 is 6.03 Å². The van der Waals surface area contributed by atoms with Gasteiger partial charge in [-0.2, -0.15) is 5.10 Å². The third kappa shape index (κ3) is 5.37. The Bertz CT molecular complexity index is 1490. The highest BCUT2D eigenvalue weighted by molar-refractivity contribution is 6.74. The first kappa shape index (κ1) is 27.5. The number of fused-ring (bicyclic) bond motifs is 4. The number of rotatable bonds is 5. The first-order valence-corrected chi connectivity index (χ1v) is 16.4. The third-order valence-electron chi connectivity index (χ3n) is 8.24. The molecule has 0 saturated carbocycles. The molecule has 0 aliphatic carbocycles. The smallest absolute Gasteiger partial charge is 0.322 e. The van der Waals surface area contributed by atoms with Crippen molar-refractivity contribution in [2.45, 2.75) is 76.9 Å². The number of hydrogen-bond donors (Lipinski definition) is 2. The van der Waals surface area contributed by atoms with Crippen molar-refractivity contribution in [3.05, 3.63) is 74.7 Å². The monoisotopic (exact) mass is 569 g/mol. The summed E-state index contributed by atoms with van der Waals surface area (Å²) in [5.74, 6) is -0.599. The van der Waals surface area contributed by atoms with Gasteiger partial charge in [-0.3, -0.25) is 9.78 Å². The van der Waals surface area contributed by atoms with Gasteiger partial charge in [0, 0.05) is 35.6 Å². The first-order chi connectivity index (χ1) is 18.3. The number of hydrogen-bond acceptors (Lipinski definition) is 5. The zero-order valence-corrected chi connectivity index (χ0v) is 24.5. The summed E-state index contributed by atoms with van der Waals surface area (Å²) in [4.78, 5) is 31.0. The van der Waals surface area contributed by atoms with E-state index in [9.17, 15) is 9.59 Å². The number of anilines is 1. The van der Waals surface area contributed by atoms with Crippen LogP contribution < -0.4 is 10.9 Å². The average molecular weight is 570 g/mol. The van der Waals surface area contributed by atoms with Crippen LogP contribution in [0.15, 0.2) is 41.5 Å². The molecule has 5 rings (SSSR count). The van der Waals surface area contributed by atoms with Gasteiger partial charge in [0.05, 0.1) is 29.1 Å². The van der Waals surface area contributed by atoms with Crippen molar-refractivity contribution >= 4 is 31.6 Å². The van der Waals surface area contributed by atoms with Crippen LogP contribution in [0.1, 0.15) is 56.5 Å². The Hall–Kier alpha value is -3.08. The second-order valence-corrected chi connectivity index (χ2v) is 17.1. The molecule has 4 heterocycles. The van der Waals surface area contributed by atoms with Crippen molar-refractivity contribution in [1.29, 1.82) is 0 Å². The highest BCUT2D eigenvalue weighted by Crippen LogP contribution is 2.43. The lowest BCUT2D eigenvalue weighted by Gasteiger charge is -2.36. The molecule has 0 spiro atoms. The van der Waals surface area contributed by atoms with Crippen LogP contribution >= 0.6 is 11.6 Å². The maximum atomic E-state index is 15.3. The summed E-state index contributed by atoms with van der Waals surface area (Å²) >= 11 is 6.59. The van der Waals surface area contributed by atoms with E-state index in [1.807, 2.05) is 6.07 Å². The topological polar surface area (TPSA) is 100 Å². The van der Waals surface area contributed by atoms with E-state index in [-0.39, 0.29) is 28.4 Å². The number of aromatic nitrogens is 3. The summed E-state index contributed by atoms with van der Waals surface area (Å²) < 4.78 is 21.6. The van der Waals surface area contributed by atoms with Crippen molar-refractivity contribution in [3.8, 4) is 11.1 Å². The Kier molecular flexibility index (Phi) is 7.15. The van der Waals surface area contributed by atoms with Gasteiger partial charge in [-0.1, -0.05) is 32.4 Å². The van der Waals surface area contributed by atoms with Gasteiger partial charge in [-0.25, -0.2) is 14.3 Å². The van der Waals surface area contributed by atoms with E-state index < -0.39 is 20.2 Å². The minimum absolute atomic E-state index is 0.00116. The number of amides is 2. The summed E-state index contributed by atoms with van der Waals surface area (Å²) in [5.41, 5.74) is 3.32. The number of pyridine rings is 1. The van der Waals surface area contributed by atoms with E-state index in [0.717, 1.165) is 24.0 Å². The number of aromatic amines is 1. The molecule has 1 aromatic carbocycles. The Morgan fingerprint density at radius 1 is 1.23 bits per heavy atom. The van der Waals surface area contributed by atoms with Crippen molar-refractivity contribution in [2.75, 3.05) is 5.32 Å². The number of benzene rings is 1. The van der Waals surface area contributed by atoms with E-state index in [1.54, 1.807) is 23.4 Å². The zero-order chi connectivity index (χ0) is 28.1. The molecule has 2 atom stereocenters. The van der Waals surface area contributed by atoms with Crippen LogP contribution in [-0.2, 0) is 17.5 Å². The highest BCUT2D eigenvalue weighted by atomic mass is 35.5. The van der Waals surface area contributed by atoms with Crippen LogP contribution in [0.25, 0.3) is 11.1 Å². The molecule has 2 aliphatic rings. The SMILES string of the molecule is CC(C)(C)[Si](C)(C)OCc1cncc(-c2cc(F)c(NC(=O)N3C4CCC3c3n[nH]c(=O)cc3C4)cc2Cl)c1. The Morgan fingerprint density at radius 3 is 2.74 bits per heavy atom. The molecule has 39 heavy (non-hydrogen) atoms. The molecule has 3 aromatic rings. The van der Waals surface area contributed by atoms with Gasteiger partial charge in [-0.05, 0) is 66.7 Å². The van der Waals surface area contributed by atoms with Gasteiger partial charge in [0.2, 0.25) is 0 Å². The van der Waals surface area contributed by atoms with Gasteiger partial charge < -0.3 is 14.6 Å². The molecule has 0 radical (unpaired) electrons. The maximum absolute atomic E-state index is 15.3. The fourth-order valence-electron chi connectivity index (χ4n) is 5.05. The van der Waals surface area contributed by atoms with Crippen LogP contribution in [0, 0.1) is 5.82 Å². The van der Waals surface area contributed by atoms with E-state index in [0.29, 0.717) is 34.9 Å². The highest BCUT2D eigenvalue weighted by Gasteiger charge is 2.44. The summed E-state index contributed by atoms with van der Waals surface area (Å²) in [6, 6.07) is 5.43. The summed E-state index contributed by atoms with van der Waals surface area (Å²) in [5, 5.41) is 9.73.